The largest absolute Gasteiger partial charge is 0.497 e. The van der Waals surface area contributed by atoms with Gasteiger partial charge in [-0.2, -0.15) is 0 Å². The number of carboxylic acid groups (broad SMARTS) is 1. The van der Waals surface area contributed by atoms with Crippen LogP contribution in [0.2, 0.25) is 5.02 Å². The first-order valence-electron chi connectivity index (χ1n) is 5.22. The third-order valence-corrected chi connectivity index (χ3v) is 2.75. The monoisotopic (exact) mass is 271 g/mol. The molecule has 1 amide bonds. The van der Waals surface area contributed by atoms with Crippen molar-refractivity contribution in [2.24, 2.45) is 0 Å². The maximum absolute atomic E-state index is 11.7. The van der Waals surface area contributed by atoms with Crippen molar-refractivity contribution in [1.82, 2.24) is 4.90 Å². The van der Waals surface area contributed by atoms with Crippen LogP contribution in [0.1, 0.15) is 5.56 Å². The number of benzene rings is 1. The lowest BCUT2D eigenvalue weighted by Gasteiger charge is -2.15. The number of hydrogen-bond acceptors (Lipinski definition) is 3. The molecule has 0 bridgehead atoms. The van der Waals surface area contributed by atoms with Gasteiger partial charge >= 0.3 is 5.97 Å². The highest BCUT2D eigenvalue weighted by Crippen LogP contribution is 2.23. The zero-order valence-corrected chi connectivity index (χ0v) is 10.9. The molecule has 0 radical (unpaired) electrons. The molecule has 1 aromatic carbocycles. The molecular weight excluding hydrogens is 258 g/mol. The van der Waals surface area contributed by atoms with Gasteiger partial charge in [0.15, 0.2) is 0 Å². The molecule has 1 aromatic rings. The van der Waals surface area contributed by atoms with E-state index in [0.29, 0.717) is 16.3 Å². The lowest BCUT2D eigenvalue weighted by molar-refractivity contribution is -0.143. The van der Waals surface area contributed by atoms with Gasteiger partial charge in [0.05, 0.1) is 13.5 Å². The molecule has 0 aliphatic rings. The molecule has 0 fully saturated rings. The minimum atomic E-state index is -1.05. The van der Waals surface area contributed by atoms with Gasteiger partial charge in [0.25, 0.3) is 0 Å². The number of carbonyl (C=O) groups is 2. The quantitative estimate of drug-likeness (QED) is 0.880. The number of halogens is 1. The van der Waals surface area contributed by atoms with E-state index in [9.17, 15) is 9.59 Å². The van der Waals surface area contributed by atoms with E-state index in [1.54, 1.807) is 18.2 Å². The summed E-state index contributed by atoms with van der Waals surface area (Å²) in [6.07, 6.45) is 0.0621. The summed E-state index contributed by atoms with van der Waals surface area (Å²) in [6, 6.07) is 5.00. The van der Waals surface area contributed by atoms with Crippen LogP contribution in [0, 0.1) is 0 Å². The molecule has 1 N–H and O–H groups in total. The second kappa shape index (κ2) is 6.26. The Labute approximate surface area is 110 Å². The van der Waals surface area contributed by atoms with Crippen LogP contribution in [0.5, 0.6) is 5.75 Å². The topological polar surface area (TPSA) is 66.8 Å². The fourth-order valence-electron chi connectivity index (χ4n) is 1.39. The standard InChI is InChI=1S/C12H14ClNO4/c1-14(7-12(16)17)11(15)5-8-3-4-9(18-2)6-10(8)13/h3-4,6H,5,7H2,1-2H3,(H,16,17). The second-order valence-corrected chi connectivity index (χ2v) is 4.18. The molecule has 0 spiro atoms. The highest BCUT2D eigenvalue weighted by Gasteiger charge is 2.14. The normalized spacial score (nSPS) is 9.94. The SMILES string of the molecule is COc1ccc(CC(=O)N(C)CC(=O)O)c(Cl)c1. The third-order valence-electron chi connectivity index (χ3n) is 2.40. The first-order chi connectivity index (χ1) is 8.43. The summed E-state index contributed by atoms with van der Waals surface area (Å²) in [7, 11) is 2.96. The Morgan fingerprint density at radius 3 is 2.61 bits per heavy atom. The summed E-state index contributed by atoms with van der Waals surface area (Å²) < 4.78 is 5.00. The number of ether oxygens (including phenoxy) is 1. The number of rotatable bonds is 5. The fourth-order valence-corrected chi connectivity index (χ4v) is 1.62. The van der Waals surface area contributed by atoms with Gasteiger partial charge in [0.2, 0.25) is 5.91 Å². The predicted octanol–water partition coefficient (Wildman–Crippen LogP) is 1.43. The van der Waals surface area contributed by atoms with Crippen molar-refractivity contribution in [2.75, 3.05) is 20.7 Å². The maximum atomic E-state index is 11.7. The number of aliphatic carboxylic acids is 1. The van der Waals surface area contributed by atoms with Gasteiger partial charge in [-0.15, -0.1) is 0 Å². The lowest BCUT2D eigenvalue weighted by atomic mass is 10.1. The van der Waals surface area contributed by atoms with Crippen LogP contribution in [0.15, 0.2) is 18.2 Å². The summed E-state index contributed by atoms with van der Waals surface area (Å²) in [4.78, 5) is 23.3. The molecule has 0 aliphatic heterocycles. The van der Waals surface area contributed by atoms with Gasteiger partial charge in [0, 0.05) is 12.1 Å². The summed E-state index contributed by atoms with van der Waals surface area (Å²) in [5, 5.41) is 9.01. The average molecular weight is 272 g/mol. The van der Waals surface area contributed by atoms with Gasteiger partial charge in [-0.05, 0) is 17.7 Å². The molecule has 0 saturated heterocycles. The van der Waals surface area contributed by atoms with Crippen molar-refractivity contribution in [2.45, 2.75) is 6.42 Å². The number of carbonyl (C=O) groups excluding carboxylic acids is 1. The molecule has 0 heterocycles. The van der Waals surface area contributed by atoms with E-state index in [1.165, 1.54) is 14.2 Å². The lowest BCUT2D eigenvalue weighted by Crippen LogP contribution is -2.33. The van der Waals surface area contributed by atoms with E-state index < -0.39 is 5.97 Å². The van der Waals surface area contributed by atoms with Gasteiger partial charge < -0.3 is 14.7 Å². The minimum absolute atomic E-state index is 0.0621. The minimum Gasteiger partial charge on any atom is -0.497 e. The van der Waals surface area contributed by atoms with Gasteiger partial charge in [-0.1, -0.05) is 17.7 Å². The van der Waals surface area contributed by atoms with Crippen LogP contribution in [0.3, 0.4) is 0 Å². The number of amides is 1. The van der Waals surface area contributed by atoms with Gasteiger partial charge in [-0.25, -0.2) is 0 Å². The van der Waals surface area contributed by atoms with Crippen LogP contribution in [-0.4, -0.2) is 42.6 Å². The van der Waals surface area contributed by atoms with Crippen molar-refractivity contribution in [3.05, 3.63) is 28.8 Å². The molecule has 1 rings (SSSR count). The van der Waals surface area contributed by atoms with Crippen LogP contribution < -0.4 is 4.74 Å². The summed E-state index contributed by atoms with van der Waals surface area (Å²) in [5.74, 6) is -0.744. The van der Waals surface area contributed by atoms with Crippen molar-refractivity contribution in [3.63, 3.8) is 0 Å². The van der Waals surface area contributed by atoms with E-state index in [4.69, 9.17) is 21.4 Å². The van der Waals surface area contributed by atoms with Gasteiger partial charge in [0.1, 0.15) is 12.3 Å². The van der Waals surface area contributed by atoms with E-state index in [0.717, 1.165) is 4.90 Å². The Kier molecular flexibility index (Phi) is 4.97. The Bertz CT molecular complexity index is 461. The van der Waals surface area contributed by atoms with Crippen molar-refractivity contribution in [3.8, 4) is 5.75 Å². The maximum Gasteiger partial charge on any atom is 0.323 e. The number of carboxylic acids is 1. The predicted molar refractivity (Wildman–Crippen MR) is 67.0 cm³/mol. The molecule has 0 atom stereocenters. The van der Waals surface area contributed by atoms with Crippen molar-refractivity contribution in [1.29, 1.82) is 0 Å². The first kappa shape index (κ1) is 14.3. The van der Waals surface area contributed by atoms with E-state index in [-0.39, 0.29) is 18.9 Å². The number of hydrogen-bond donors (Lipinski definition) is 1. The summed E-state index contributed by atoms with van der Waals surface area (Å²) in [6.45, 7) is -0.327. The molecular formula is C12H14ClNO4. The third kappa shape index (κ3) is 3.92. The Morgan fingerprint density at radius 1 is 1.44 bits per heavy atom. The van der Waals surface area contributed by atoms with Crippen LogP contribution >= 0.6 is 11.6 Å². The molecule has 5 nitrogen and oxygen atoms in total. The number of likely N-dealkylation sites (N-methyl/N-ethyl adjacent to an activating group) is 1. The van der Waals surface area contributed by atoms with Gasteiger partial charge in [-0.3, -0.25) is 9.59 Å². The molecule has 18 heavy (non-hydrogen) atoms. The highest BCUT2D eigenvalue weighted by molar-refractivity contribution is 6.31. The zero-order valence-electron chi connectivity index (χ0n) is 10.1. The first-order valence-corrected chi connectivity index (χ1v) is 5.60. The average Bonchev–Trinajstić information content (AvgIpc) is 2.30. The molecule has 98 valence electrons. The second-order valence-electron chi connectivity index (χ2n) is 3.78. The smallest absolute Gasteiger partial charge is 0.323 e. The fraction of sp³-hybridized carbons (Fsp3) is 0.333. The van der Waals surface area contributed by atoms with Crippen LogP contribution in [-0.2, 0) is 16.0 Å². The van der Waals surface area contributed by atoms with Crippen LogP contribution in [0.4, 0.5) is 0 Å². The summed E-state index contributed by atoms with van der Waals surface area (Å²) in [5.41, 5.74) is 0.639. The Morgan fingerprint density at radius 2 is 2.11 bits per heavy atom. The van der Waals surface area contributed by atoms with Crippen molar-refractivity contribution >= 4 is 23.5 Å². The number of nitrogens with zero attached hydrogens (tertiary/aromatic N) is 1. The number of methoxy groups -OCH3 is 1. The molecule has 0 aromatic heterocycles. The Hall–Kier alpha value is -1.75. The molecule has 0 unspecified atom stereocenters. The Balaban J connectivity index is 2.72. The van der Waals surface area contributed by atoms with E-state index >= 15 is 0 Å². The van der Waals surface area contributed by atoms with E-state index in [2.05, 4.69) is 0 Å². The summed E-state index contributed by atoms with van der Waals surface area (Å²) >= 11 is 6.00. The van der Waals surface area contributed by atoms with E-state index in [1.807, 2.05) is 0 Å². The molecule has 6 heteroatoms. The molecule has 0 aliphatic carbocycles. The highest BCUT2D eigenvalue weighted by atomic mass is 35.5. The molecule has 0 saturated carbocycles. The van der Waals surface area contributed by atoms with Crippen LogP contribution in [0.25, 0.3) is 0 Å². The van der Waals surface area contributed by atoms with Crippen molar-refractivity contribution < 1.29 is 19.4 Å². The zero-order chi connectivity index (χ0) is 13.7.